The number of rotatable bonds is 5. The van der Waals surface area contributed by atoms with Gasteiger partial charge in [-0.25, -0.2) is 0 Å². The second-order valence-corrected chi connectivity index (χ2v) is 4.40. The first-order chi connectivity index (χ1) is 8.40. The van der Waals surface area contributed by atoms with Gasteiger partial charge in [-0.2, -0.15) is 0 Å². The predicted molar refractivity (Wildman–Crippen MR) is 70.6 cm³/mol. The van der Waals surface area contributed by atoms with Gasteiger partial charge in [0, 0.05) is 32.7 Å². The van der Waals surface area contributed by atoms with Crippen LogP contribution in [0, 0.1) is 0 Å². The molecule has 1 aromatic rings. The second-order valence-electron chi connectivity index (χ2n) is 4.40. The molecule has 1 saturated heterocycles. The molecule has 0 aliphatic carbocycles. The Balaban J connectivity index is 1.77. The third-order valence-corrected chi connectivity index (χ3v) is 3.23. The van der Waals surface area contributed by atoms with Crippen LogP contribution in [0.4, 0.5) is 0 Å². The summed E-state index contributed by atoms with van der Waals surface area (Å²) in [6.45, 7) is 8.46. The van der Waals surface area contributed by atoms with Crippen molar-refractivity contribution < 1.29 is 4.74 Å². The van der Waals surface area contributed by atoms with Gasteiger partial charge < -0.3 is 10.1 Å². The highest BCUT2D eigenvalue weighted by atomic mass is 16.5. The average molecular weight is 234 g/mol. The van der Waals surface area contributed by atoms with E-state index in [2.05, 4.69) is 35.3 Å². The molecule has 1 N–H and O–H groups in total. The fraction of sp³-hybridized carbons (Fsp3) is 0.571. The number of hydrogen-bond acceptors (Lipinski definition) is 3. The van der Waals surface area contributed by atoms with Crippen LogP contribution in [0.1, 0.15) is 12.5 Å². The topological polar surface area (TPSA) is 24.5 Å². The first-order valence-corrected chi connectivity index (χ1v) is 6.54. The molecule has 0 spiro atoms. The van der Waals surface area contributed by atoms with Crippen molar-refractivity contribution in [3.63, 3.8) is 0 Å². The van der Waals surface area contributed by atoms with E-state index in [1.165, 1.54) is 5.56 Å². The van der Waals surface area contributed by atoms with Crippen molar-refractivity contribution in [2.75, 3.05) is 39.3 Å². The highest BCUT2D eigenvalue weighted by Gasteiger charge is 2.09. The van der Waals surface area contributed by atoms with Gasteiger partial charge in [0.25, 0.3) is 0 Å². The van der Waals surface area contributed by atoms with Crippen molar-refractivity contribution in [1.29, 1.82) is 0 Å². The molecular formula is C14H22N2O. The third kappa shape index (κ3) is 3.72. The van der Waals surface area contributed by atoms with Crippen molar-refractivity contribution in [3.8, 4) is 5.75 Å². The van der Waals surface area contributed by atoms with Gasteiger partial charge in [-0.1, -0.05) is 25.1 Å². The fourth-order valence-electron chi connectivity index (χ4n) is 2.16. The molecule has 0 aromatic heterocycles. The predicted octanol–water partition coefficient (Wildman–Crippen LogP) is 1.53. The Labute approximate surface area is 104 Å². The van der Waals surface area contributed by atoms with Crippen LogP contribution in [-0.4, -0.2) is 44.2 Å². The summed E-state index contributed by atoms with van der Waals surface area (Å²) in [5.74, 6) is 1.05. The molecule has 94 valence electrons. The van der Waals surface area contributed by atoms with Gasteiger partial charge in [0.1, 0.15) is 12.4 Å². The van der Waals surface area contributed by atoms with E-state index in [0.717, 1.165) is 51.5 Å². The van der Waals surface area contributed by atoms with Crippen LogP contribution in [0.5, 0.6) is 5.75 Å². The molecule has 1 fully saturated rings. The summed E-state index contributed by atoms with van der Waals surface area (Å²) >= 11 is 0. The zero-order chi connectivity index (χ0) is 11.9. The van der Waals surface area contributed by atoms with Gasteiger partial charge in [-0.15, -0.1) is 0 Å². The van der Waals surface area contributed by atoms with E-state index in [1.54, 1.807) is 0 Å². The van der Waals surface area contributed by atoms with Crippen LogP contribution in [-0.2, 0) is 6.42 Å². The normalized spacial score (nSPS) is 17.0. The Kier molecular flexibility index (Phi) is 4.83. The third-order valence-electron chi connectivity index (χ3n) is 3.23. The smallest absolute Gasteiger partial charge is 0.122 e. The first kappa shape index (κ1) is 12.4. The van der Waals surface area contributed by atoms with E-state index in [9.17, 15) is 0 Å². The number of hydrogen-bond donors (Lipinski definition) is 1. The number of piperazine rings is 1. The van der Waals surface area contributed by atoms with Gasteiger partial charge >= 0.3 is 0 Å². The molecule has 1 aliphatic rings. The van der Waals surface area contributed by atoms with Gasteiger partial charge in [0.15, 0.2) is 0 Å². The number of aryl methyl sites for hydroxylation is 1. The highest BCUT2D eigenvalue weighted by Crippen LogP contribution is 2.18. The van der Waals surface area contributed by atoms with Crippen molar-refractivity contribution in [2.45, 2.75) is 13.3 Å². The Morgan fingerprint density at radius 2 is 2.00 bits per heavy atom. The lowest BCUT2D eigenvalue weighted by Gasteiger charge is -2.27. The number of benzene rings is 1. The summed E-state index contributed by atoms with van der Waals surface area (Å²) in [6, 6.07) is 8.32. The van der Waals surface area contributed by atoms with Crippen molar-refractivity contribution in [3.05, 3.63) is 29.8 Å². The number of ether oxygens (including phenoxy) is 1. The van der Waals surface area contributed by atoms with Crippen LogP contribution in [0.3, 0.4) is 0 Å². The standard InChI is InChI=1S/C14H22N2O/c1-2-13-5-3-4-6-14(13)17-12-11-16-9-7-15-8-10-16/h3-6,15H,2,7-12H2,1H3. The molecule has 1 aliphatic heterocycles. The Morgan fingerprint density at radius 3 is 2.76 bits per heavy atom. The van der Waals surface area contributed by atoms with Crippen LogP contribution in [0.25, 0.3) is 0 Å². The molecule has 3 nitrogen and oxygen atoms in total. The van der Waals surface area contributed by atoms with Crippen molar-refractivity contribution >= 4 is 0 Å². The maximum Gasteiger partial charge on any atom is 0.122 e. The van der Waals surface area contributed by atoms with Crippen molar-refractivity contribution in [2.24, 2.45) is 0 Å². The van der Waals surface area contributed by atoms with Gasteiger partial charge in [0.2, 0.25) is 0 Å². The first-order valence-electron chi connectivity index (χ1n) is 6.54. The molecule has 0 radical (unpaired) electrons. The zero-order valence-electron chi connectivity index (χ0n) is 10.6. The SMILES string of the molecule is CCc1ccccc1OCCN1CCNCC1. The molecule has 2 rings (SSSR count). The van der Waals surface area contributed by atoms with Gasteiger partial charge in [-0.05, 0) is 18.1 Å². The Morgan fingerprint density at radius 1 is 1.24 bits per heavy atom. The molecule has 0 atom stereocenters. The average Bonchev–Trinajstić information content (AvgIpc) is 2.40. The minimum atomic E-state index is 0.789. The Hall–Kier alpha value is -1.06. The summed E-state index contributed by atoms with van der Waals surface area (Å²) in [5, 5.41) is 3.36. The maximum absolute atomic E-state index is 5.87. The summed E-state index contributed by atoms with van der Waals surface area (Å²) in [6.07, 6.45) is 1.03. The molecule has 1 aromatic carbocycles. The van der Waals surface area contributed by atoms with Crippen molar-refractivity contribution in [1.82, 2.24) is 10.2 Å². The lowest BCUT2D eigenvalue weighted by molar-refractivity contribution is 0.190. The minimum absolute atomic E-state index is 0.789. The van der Waals surface area contributed by atoms with E-state index in [-0.39, 0.29) is 0 Å². The monoisotopic (exact) mass is 234 g/mol. The van der Waals surface area contributed by atoms with Crippen LogP contribution in [0.2, 0.25) is 0 Å². The molecule has 0 bridgehead atoms. The Bertz CT molecular complexity index is 335. The summed E-state index contributed by atoms with van der Waals surface area (Å²) in [4.78, 5) is 2.45. The molecule has 1 heterocycles. The van der Waals surface area contributed by atoms with E-state index >= 15 is 0 Å². The van der Waals surface area contributed by atoms with Gasteiger partial charge in [0.05, 0.1) is 0 Å². The summed E-state index contributed by atoms with van der Waals surface area (Å²) in [5.41, 5.74) is 1.30. The summed E-state index contributed by atoms with van der Waals surface area (Å²) < 4.78 is 5.87. The number of nitrogens with one attached hydrogen (secondary N) is 1. The number of para-hydroxylation sites is 1. The van der Waals surface area contributed by atoms with E-state index < -0.39 is 0 Å². The quantitative estimate of drug-likeness (QED) is 0.836. The van der Waals surface area contributed by atoms with Crippen LogP contribution >= 0.6 is 0 Å². The van der Waals surface area contributed by atoms with Crippen LogP contribution < -0.4 is 10.1 Å². The molecule has 0 unspecified atom stereocenters. The number of nitrogens with zero attached hydrogens (tertiary/aromatic N) is 1. The maximum atomic E-state index is 5.87. The second kappa shape index (κ2) is 6.62. The highest BCUT2D eigenvalue weighted by molar-refractivity contribution is 5.33. The largest absolute Gasteiger partial charge is 0.492 e. The molecule has 17 heavy (non-hydrogen) atoms. The molecule has 0 saturated carbocycles. The lowest BCUT2D eigenvalue weighted by Crippen LogP contribution is -2.44. The minimum Gasteiger partial charge on any atom is -0.492 e. The fourth-order valence-corrected chi connectivity index (χ4v) is 2.16. The van der Waals surface area contributed by atoms with Crippen LogP contribution in [0.15, 0.2) is 24.3 Å². The molecular weight excluding hydrogens is 212 g/mol. The summed E-state index contributed by atoms with van der Waals surface area (Å²) in [7, 11) is 0. The lowest BCUT2D eigenvalue weighted by atomic mass is 10.1. The molecule has 0 amide bonds. The van der Waals surface area contributed by atoms with E-state index in [4.69, 9.17) is 4.74 Å². The zero-order valence-corrected chi connectivity index (χ0v) is 10.6. The van der Waals surface area contributed by atoms with E-state index in [0.29, 0.717) is 0 Å². The van der Waals surface area contributed by atoms with Gasteiger partial charge in [-0.3, -0.25) is 4.90 Å². The molecule has 3 heteroatoms. The van der Waals surface area contributed by atoms with E-state index in [1.807, 2.05) is 6.07 Å².